The minimum Gasteiger partial charge on any atom is -0.548 e. The predicted octanol–water partition coefficient (Wildman–Crippen LogP) is -8.52. The molecule has 0 bridgehead atoms. The van der Waals surface area contributed by atoms with Crippen molar-refractivity contribution in [3.63, 3.8) is 0 Å². The van der Waals surface area contributed by atoms with E-state index in [0.717, 1.165) is 0 Å². The Bertz CT molecular complexity index is 188. The fourth-order valence-corrected chi connectivity index (χ4v) is 0.977. The number of carbonyl (C=O) groups is 2. The summed E-state index contributed by atoms with van der Waals surface area (Å²) in [5, 5.41) is 25.2. The van der Waals surface area contributed by atoms with Crippen LogP contribution < -0.4 is 58.6 Å². The van der Waals surface area contributed by atoms with Crippen LogP contribution in [-0.2, 0) is 9.59 Å². The monoisotopic (exact) mass is 246 g/mol. The van der Waals surface area contributed by atoms with Crippen LogP contribution in [0.15, 0.2) is 0 Å². The second-order valence-electron chi connectivity index (χ2n) is 3.14. The Hall–Kier alpha value is 0.0548. The van der Waals surface area contributed by atoms with Crippen molar-refractivity contribution in [2.45, 2.75) is 38.8 Å². The van der Waals surface area contributed by atoms with Crippen LogP contribution in [0.1, 0.15) is 26.7 Å². The number of nitrogens with one attached hydrogen (secondary N) is 2. The molecule has 18 heavy (non-hydrogen) atoms. The van der Waals surface area contributed by atoms with Gasteiger partial charge in [0, 0.05) is 12.1 Å². The van der Waals surface area contributed by atoms with Crippen molar-refractivity contribution in [2.75, 3.05) is 14.1 Å². The zero-order valence-corrected chi connectivity index (χ0v) is 12.2. The number of hydrogen-bond acceptors (Lipinski definition) is 6. The summed E-state index contributed by atoms with van der Waals surface area (Å²) in [6.45, 7) is 3.58. The molecule has 0 amide bonds. The molecule has 0 spiro atoms. The minimum atomic E-state index is -1.03. The van der Waals surface area contributed by atoms with E-state index >= 15 is 0 Å². The van der Waals surface area contributed by atoms with Gasteiger partial charge in [-0.2, -0.15) is 0 Å². The van der Waals surface area contributed by atoms with Gasteiger partial charge in [-0.3, -0.25) is 0 Å². The Morgan fingerprint density at radius 2 is 1.11 bits per heavy atom. The van der Waals surface area contributed by atoms with Crippen LogP contribution >= 0.6 is 0 Å². The van der Waals surface area contributed by atoms with Crippen molar-refractivity contribution in [3.05, 3.63) is 0 Å². The molecule has 0 aromatic carbocycles. The van der Waals surface area contributed by atoms with Gasteiger partial charge in [-0.1, -0.05) is 13.8 Å². The third-order valence-electron chi connectivity index (χ3n) is 2.08. The van der Waals surface area contributed by atoms with Crippen LogP contribution in [0.3, 0.4) is 0 Å². The summed E-state index contributed by atoms with van der Waals surface area (Å²) in [6, 6.07) is -0.981. The quantitative estimate of drug-likeness (QED) is 0.451. The molecular formula is C10H20Li2N2O4. The third-order valence-corrected chi connectivity index (χ3v) is 2.08. The first kappa shape index (κ1) is 26.6. The maximum Gasteiger partial charge on any atom is 1.00 e. The number of hydrogen-bond donors (Lipinski definition) is 2. The largest absolute Gasteiger partial charge is 1.00 e. The van der Waals surface area contributed by atoms with Crippen LogP contribution in [0.2, 0.25) is 0 Å². The molecule has 2 N–H and O–H groups in total. The molecule has 0 aliphatic heterocycles. The van der Waals surface area contributed by atoms with Gasteiger partial charge in [0.15, 0.2) is 0 Å². The summed E-state index contributed by atoms with van der Waals surface area (Å²) in [5.74, 6) is -2.06. The molecule has 8 heteroatoms. The van der Waals surface area contributed by atoms with E-state index in [4.69, 9.17) is 0 Å². The van der Waals surface area contributed by atoms with E-state index in [9.17, 15) is 19.8 Å². The number of aliphatic carboxylic acids is 2. The molecule has 2 unspecified atom stereocenters. The van der Waals surface area contributed by atoms with Gasteiger partial charge in [-0.05, 0) is 26.9 Å². The first-order chi connectivity index (χ1) is 7.44. The molecule has 0 aromatic heterocycles. The van der Waals surface area contributed by atoms with Crippen molar-refractivity contribution < 1.29 is 57.5 Å². The number of carboxylic acid groups (broad SMARTS) is 2. The number of rotatable bonds is 6. The normalized spacial score (nSPS) is 11.8. The summed E-state index contributed by atoms with van der Waals surface area (Å²) in [4.78, 5) is 20.0. The van der Waals surface area contributed by atoms with Crippen LogP contribution in [0.4, 0.5) is 0 Å². The molecule has 0 saturated heterocycles. The molecule has 0 heterocycles. The summed E-state index contributed by atoms with van der Waals surface area (Å²) in [5.41, 5.74) is 0. The topological polar surface area (TPSA) is 104 Å². The van der Waals surface area contributed by atoms with E-state index in [1.54, 1.807) is 27.9 Å². The molecular weight excluding hydrogens is 226 g/mol. The van der Waals surface area contributed by atoms with Crippen LogP contribution in [-0.4, -0.2) is 38.1 Å². The van der Waals surface area contributed by atoms with Gasteiger partial charge in [-0.15, -0.1) is 0 Å². The summed E-state index contributed by atoms with van der Waals surface area (Å²) in [6.07, 6.45) is 1.14. The van der Waals surface area contributed by atoms with Crippen molar-refractivity contribution in [1.82, 2.24) is 10.6 Å². The summed E-state index contributed by atoms with van der Waals surface area (Å²) >= 11 is 0. The summed E-state index contributed by atoms with van der Waals surface area (Å²) in [7, 11) is 3.20. The predicted molar refractivity (Wildman–Crippen MR) is 56.3 cm³/mol. The fraction of sp³-hybridized carbons (Fsp3) is 0.800. The molecule has 0 rings (SSSR count). The van der Waals surface area contributed by atoms with Crippen LogP contribution in [0.5, 0.6) is 0 Å². The first-order valence-electron chi connectivity index (χ1n) is 5.20. The molecule has 6 nitrogen and oxygen atoms in total. The average molecular weight is 246 g/mol. The zero-order chi connectivity index (χ0) is 13.1. The van der Waals surface area contributed by atoms with Crippen LogP contribution in [0, 0.1) is 0 Å². The number of carboxylic acids is 2. The number of carbonyl (C=O) groups excluding carboxylic acids is 2. The SMILES string of the molecule is CCC(NC)C(=O)[O-].CCC(NC)C(=O)[O-].[Li+].[Li+]. The van der Waals surface area contributed by atoms with E-state index in [0.29, 0.717) is 12.8 Å². The van der Waals surface area contributed by atoms with Crippen molar-refractivity contribution in [1.29, 1.82) is 0 Å². The van der Waals surface area contributed by atoms with E-state index in [1.807, 2.05) is 0 Å². The molecule has 96 valence electrons. The smallest absolute Gasteiger partial charge is 0.548 e. The van der Waals surface area contributed by atoms with E-state index < -0.39 is 24.0 Å². The molecule has 0 saturated carbocycles. The standard InChI is InChI=1S/2C5H11NO2.2Li/c2*1-3-4(6-2)5(7)8;;/h2*4,6H,3H2,1-2H3,(H,7,8);;/q;;2*+1/p-2. The molecule has 2 atom stereocenters. The maximum atomic E-state index is 9.99. The Morgan fingerprint density at radius 3 is 1.11 bits per heavy atom. The Balaban J connectivity index is -0.0000000980. The first-order valence-corrected chi connectivity index (χ1v) is 5.20. The molecule has 0 aliphatic carbocycles. The van der Waals surface area contributed by atoms with Crippen LogP contribution in [0.25, 0.3) is 0 Å². The van der Waals surface area contributed by atoms with Gasteiger partial charge >= 0.3 is 37.7 Å². The zero-order valence-electron chi connectivity index (χ0n) is 12.2. The Labute approximate surface area is 133 Å². The van der Waals surface area contributed by atoms with Gasteiger partial charge in [0.1, 0.15) is 0 Å². The third kappa shape index (κ3) is 14.1. The van der Waals surface area contributed by atoms with E-state index in [-0.39, 0.29) is 37.7 Å². The van der Waals surface area contributed by atoms with Crippen molar-refractivity contribution in [3.8, 4) is 0 Å². The Morgan fingerprint density at radius 1 is 0.889 bits per heavy atom. The number of likely N-dealkylation sites (N-methyl/N-ethyl adjacent to an activating group) is 2. The fourth-order valence-electron chi connectivity index (χ4n) is 0.977. The van der Waals surface area contributed by atoms with Gasteiger partial charge in [0.25, 0.3) is 0 Å². The molecule has 0 aromatic rings. The summed E-state index contributed by atoms with van der Waals surface area (Å²) < 4.78 is 0. The molecule has 0 radical (unpaired) electrons. The van der Waals surface area contributed by atoms with Crippen molar-refractivity contribution in [2.24, 2.45) is 0 Å². The maximum absolute atomic E-state index is 9.99. The van der Waals surface area contributed by atoms with Gasteiger partial charge < -0.3 is 30.4 Å². The van der Waals surface area contributed by atoms with Gasteiger partial charge in [0.2, 0.25) is 0 Å². The second kappa shape index (κ2) is 17.1. The average Bonchev–Trinajstić information content (AvgIpc) is 2.21. The second-order valence-corrected chi connectivity index (χ2v) is 3.14. The molecule has 0 fully saturated rings. The van der Waals surface area contributed by atoms with Crippen molar-refractivity contribution >= 4 is 11.9 Å². The van der Waals surface area contributed by atoms with E-state index in [2.05, 4.69) is 10.6 Å². The minimum absolute atomic E-state index is 0. The van der Waals surface area contributed by atoms with Gasteiger partial charge in [0.05, 0.1) is 11.9 Å². The van der Waals surface area contributed by atoms with E-state index in [1.165, 1.54) is 0 Å². The molecule has 0 aliphatic rings. The van der Waals surface area contributed by atoms with Gasteiger partial charge in [-0.25, -0.2) is 0 Å². The Kier molecular flexibility index (Phi) is 25.2.